The maximum atomic E-state index is 11.6. The van der Waals surface area contributed by atoms with Crippen LogP contribution in [0, 0.1) is 0 Å². The number of carbonyl (C=O) groups excluding carboxylic acids is 2. The zero-order valence-corrected chi connectivity index (χ0v) is 10.9. The number of carbonyl (C=O) groups is 2. The van der Waals surface area contributed by atoms with Crippen molar-refractivity contribution in [2.24, 2.45) is 5.73 Å². The van der Waals surface area contributed by atoms with Gasteiger partial charge in [-0.15, -0.1) is 0 Å². The quantitative estimate of drug-likeness (QED) is 0.670. The van der Waals surface area contributed by atoms with Crippen LogP contribution < -0.4 is 16.4 Å². The lowest BCUT2D eigenvalue weighted by molar-refractivity contribution is -0.121. The minimum atomic E-state index is -0.553. The molecular formula is C11H19N5O2. The van der Waals surface area contributed by atoms with Crippen LogP contribution in [0.15, 0.2) is 12.4 Å². The molecule has 0 fully saturated rings. The molecule has 1 aromatic heterocycles. The number of nitrogens with one attached hydrogen (secondary N) is 2. The third kappa shape index (κ3) is 4.96. The number of rotatable bonds is 5. The van der Waals surface area contributed by atoms with Gasteiger partial charge in [-0.1, -0.05) is 0 Å². The van der Waals surface area contributed by atoms with Crippen LogP contribution in [0.1, 0.15) is 20.3 Å². The van der Waals surface area contributed by atoms with Crippen molar-refractivity contribution < 1.29 is 9.59 Å². The van der Waals surface area contributed by atoms with E-state index >= 15 is 0 Å². The van der Waals surface area contributed by atoms with E-state index < -0.39 is 5.54 Å². The van der Waals surface area contributed by atoms with Gasteiger partial charge in [0.05, 0.1) is 11.9 Å². The molecule has 0 aliphatic carbocycles. The van der Waals surface area contributed by atoms with E-state index in [2.05, 4.69) is 15.7 Å². The molecular weight excluding hydrogens is 234 g/mol. The predicted molar refractivity (Wildman–Crippen MR) is 67.8 cm³/mol. The van der Waals surface area contributed by atoms with Crippen molar-refractivity contribution in [3.8, 4) is 0 Å². The Morgan fingerprint density at radius 1 is 1.44 bits per heavy atom. The van der Waals surface area contributed by atoms with Gasteiger partial charge < -0.3 is 16.4 Å². The second-order valence-corrected chi connectivity index (χ2v) is 4.81. The van der Waals surface area contributed by atoms with E-state index in [4.69, 9.17) is 5.73 Å². The van der Waals surface area contributed by atoms with E-state index in [-0.39, 0.29) is 24.8 Å². The average Bonchev–Trinajstić information content (AvgIpc) is 2.62. The van der Waals surface area contributed by atoms with Crippen molar-refractivity contribution in [2.45, 2.75) is 32.4 Å². The first kappa shape index (κ1) is 14.2. The number of hydrogen-bond acceptors (Lipinski definition) is 4. The van der Waals surface area contributed by atoms with Crippen LogP contribution in [-0.2, 0) is 16.1 Å². The van der Waals surface area contributed by atoms with Gasteiger partial charge >= 0.3 is 0 Å². The summed E-state index contributed by atoms with van der Waals surface area (Å²) in [5.41, 5.74) is 5.74. The molecule has 7 heteroatoms. The summed E-state index contributed by atoms with van der Waals surface area (Å²) >= 11 is 0. The fourth-order valence-electron chi connectivity index (χ4n) is 1.36. The van der Waals surface area contributed by atoms with Crippen molar-refractivity contribution in [1.82, 2.24) is 15.1 Å². The maximum absolute atomic E-state index is 11.6. The van der Waals surface area contributed by atoms with Gasteiger partial charge in [0.1, 0.15) is 6.54 Å². The number of anilines is 1. The van der Waals surface area contributed by atoms with Crippen LogP contribution >= 0.6 is 0 Å². The maximum Gasteiger partial charge on any atom is 0.241 e. The number of aromatic nitrogens is 2. The van der Waals surface area contributed by atoms with Gasteiger partial charge in [0.25, 0.3) is 0 Å². The Balaban J connectivity index is 2.54. The molecule has 2 amide bonds. The minimum absolute atomic E-state index is 0.120. The monoisotopic (exact) mass is 253 g/mol. The number of hydrogen-bond donors (Lipinski definition) is 3. The second kappa shape index (κ2) is 5.63. The first-order valence-electron chi connectivity index (χ1n) is 5.62. The number of amides is 2. The van der Waals surface area contributed by atoms with Crippen LogP contribution in [0.5, 0.6) is 0 Å². The van der Waals surface area contributed by atoms with E-state index in [1.807, 2.05) is 0 Å². The van der Waals surface area contributed by atoms with Crippen molar-refractivity contribution in [3.63, 3.8) is 0 Å². The Bertz CT molecular complexity index is 433. The van der Waals surface area contributed by atoms with Crippen LogP contribution in [0.3, 0.4) is 0 Å². The molecule has 1 rings (SSSR count). The van der Waals surface area contributed by atoms with E-state index in [0.29, 0.717) is 5.69 Å². The van der Waals surface area contributed by atoms with Crippen molar-refractivity contribution in [2.75, 3.05) is 12.4 Å². The summed E-state index contributed by atoms with van der Waals surface area (Å²) in [6.45, 7) is 3.68. The standard InChI is InChI=1S/C11H19N5O2/c1-11(2,12)4-9(17)15-8-5-14-16(6-8)7-10(18)13-3/h5-6H,4,7,12H2,1-3H3,(H,13,18)(H,15,17). The summed E-state index contributed by atoms with van der Waals surface area (Å²) < 4.78 is 1.45. The Kier molecular flexibility index (Phi) is 4.43. The highest BCUT2D eigenvalue weighted by Gasteiger charge is 2.16. The Morgan fingerprint density at radius 3 is 2.67 bits per heavy atom. The Morgan fingerprint density at radius 2 is 2.11 bits per heavy atom. The van der Waals surface area contributed by atoms with Crippen LogP contribution in [0.25, 0.3) is 0 Å². The highest BCUT2D eigenvalue weighted by Crippen LogP contribution is 2.09. The Hall–Kier alpha value is -1.89. The molecule has 1 heterocycles. The van der Waals surface area contributed by atoms with Crippen molar-refractivity contribution in [1.29, 1.82) is 0 Å². The molecule has 0 atom stereocenters. The molecule has 0 aromatic carbocycles. The fourth-order valence-corrected chi connectivity index (χ4v) is 1.36. The Labute approximate surface area is 106 Å². The number of nitrogens with two attached hydrogens (primary N) is 1. The van der Waals surface area contributed by atoms with Gasteiger partial charge in [-0.2, -0.15) is 5.10 Å². The first-order valence-corrected chi connectivity index (χ1v) is 5.62. The van der Waals surface area contributed by atoms with E-state index in [9.17, 15) is 9.59 Å². The summed E-state index contributed by atoms with van der Waals surface area (Å²) in [5, 5.41) is 9.13. The zero-order valence-electron chi connectivity index (χ0n) is 10.9. The van der Waals surface area contributed by atoms with Gasteiger partial charge in [-0.05, 0) is 13.8 Å². The number of likely N-dealkylation sites (N-methyl/N-ethyl adjacent to an activating group) is 1. The highest BCUT2D eigenvalue weighted by molar-refractivity contribution is 5.91. The average molecular weight is 253 g/mol. The van der Waals surface area contributed by atoms with Gasteiger partial charge in [0.2, 0.25) is 11.8 Å². The lowest BCUT2D eigenvalue weighted by Crippen LogP contribution is -2.36. The topological polar surface area (TPSA) is 102 Å². The third-order valence-corrected chi connectivity index (χ3v) is 2.12. The molecule has 0 aliphatic heterocycles. The lowest BCUT2D eigenvalue weighted by atomic mass is 10.0. The fraction of sp³-hybridized carbons (Fsp3) is 0.545. The normalized spacial score (nSPS) is 11.1. The second-order valence-electron chi connectivity index (χ2n) is 4.81. The van der Waals surface area contributed by atoms with Gasteiger partial charge in [0.15, 0.2) is 0 Å². The molecule has 0 spiro atoms. The predicted octanol–water partition coefficient (Wildman–Crippen LogP) is -0.305. The number of nitrogens with zero attached hydrogens (tertiary/aromatic N) is 2. The highest BCUT2D eigenvalue weighted by atomic mass is 16.2. The zero-order chi connectivity index (χ0) is 13.8. The molecule has 0 radical (unpaired) electrons. The molecule has 0 bridgehead atoms. The largest absolute Gasteiger partial charge is 0.358 e. The van der Waals surface area contributed by atoms with Gasteiger partial charge in [-0.25, -0.2) is 0 Å². The molecule has 4 N–H and O–H groups in total. The third-order valence-electron chi connectivity index (χ3n) is 2.12. The summed E-state index contributed by atoms with van der Waals surface area (Å²) in [5.74, 6) is -0.332. The summed E-state index contributed by atoms with van der Waals surface area (Å²) in [4.78, 5) is 22.7. The van der Waals surface area contributed by atoms with Crippen molar-refractivity contribution >= 4 is 17.5 Å². The minimum Gasteiger partial charge on any atom is -0.358 e. The summed E-state index contributed by atoms with van der Waals surface area (Å²) in [7, 11) is 1.55. The van der Waals surface area contributed by atoms with Gasteiger partial charge in [-0.3, -0.25) is 14.3 Å². The summed E-state index contributed by atoms with van der Waals surface area (Å²) in [6.07, 6.45) is 3.30. The van der Waals surface area contributed by atoms with E-state index in [0.717, 1.165) is 0 Å². The molecule has 0 saturated heterocycles. The van der Waals surface area contributed by atoms with Gasteiger partial charge in [0, 0.05) is 25.2 Å². The smallest absolute Gasteiger partial charge is 0.241 e. The molecule has 100 valence electrons. The first-order chi connectivity index (χ1) is 8.30. The van der Waals surface area contributed by atoms with E-state index in [1.165, 1.54) is 10.9 Å². The van der Waals surface area contributed by atoms with Crippen molar-refractivity contribution in [3.05, 3.63) is 12.4 Å². The lowest BCUT2D eigenvalue weighted by Gasteiger charge is -2.16. The van der Waals surface area contributed by atoms with Crippen LogP contribution in [0.4, 0.5) is 5.69 Å². The molecule has 0 unspecified atom stereocenters. The molecule has 18 heavy (non-hydrogen) atoms. The molecule has 0 aliphatic rings. The SMILES string of the molecule is CNC(=O)Cn1cc(NC(=O)CC(C)(C)N)cn1. The molecule has 7 nitrogen and oxygen atoms in total. The molecule has 0 saturated carbocycles. The van der Waals surface area contributed by atoms with Crippen LogP contribution in [0.2, 0.25) is 0 Å². The van der Waals surface area contributed by atoms with Crippen LogP contribution in [-0.4, -0.2) is 34.2 Å². The summed E-state index contributed by atoms with van der Waals surface area (Å²) in [6, 6.07) is 0. The van der Waals surface area contributed by atoms with E-state index in [1.54, 1.807) is 27.1 Å². The molecule has 1 aromatic rings.